The molecule has 2 fully saturated rings. The highest BCUT2D eigenvalue weighted by molar-refractivity contribution is 5.94. The highest BCUT2D eigenvalue weighted by Gasteiger charge is 2.25. The molecule has 2 aromatic carbocycles. The zero-order valence-electron chi connectivity index (χ0n) is 17.1. The number of halogens is 1. The van der Waals surface area contributed by atoms with Crippen LogP contribution in [0.15, 0.2) is 48.5 Å². The number of piperidine rings is 1. The number of hydrogen-bond donors (Lipinski definition) is 0. The summed E-state index contributed by atoms with van der Waals surface area (Å²) in [7, 11) is 0. The molecular formula is C24H27FN2O3. The summed E-state index contributed by atoms with van der Waals surface area (Å²) in [4.78, 5) is 28.8. The number of carbonyl (C=O) groups is 2. The van der Waals surface area contributed by atoms with Crippen molar-refractivity contribution in [2.45, 2.75) is 25.7 Å². The third kappa shape index (κ3) is 4.81. The SMILES string of the molecule is O=C(c1ccc(OC[C@@H]2CCCN(C(=O)c3ccc(F)cc3)C2)cc1)N1CCCC1. The van der Waals surface area contributed by atoms with Crippen molar-refractivity contribution >= 4 is 11.8 Å². The summed E-state index contributed by atoms with van der Waals surface area (Å²) < 4.78 is 19.0. The van der Waals surface area contributed by atoms with Gasteiger partial charge in [0.25, 0.3) is 11.8 Å². The van der Waals surface area contributed by atoms with Crippen LogP contribution in [0.5, 0.6) is 5.75 Å². The van der Waals surface area contributed by atoms with E-state index in [0.717, 1.165) is 44.5 Å². The number of ether oxygens (including phenoxy) is 1. The third-order valence-electron chi connectivity index (χ3n) is 5.88. The Balaban J connectivity index is 1.29. The zero-order chi connectivity index (χ0) is 20.9. The molecule has 0 bridgehead atoms. The van der Waals surface area contributed by atoms with Gasteiger partial charge in [0.15, 0.2) is 0 Å². The maximum absolute atomic E-state index is 13.1. The highest BCUT2D eigenvalue weighted by atomic mass is 19.1. The van der Waals surface area contributed by atoms with Gasteiger partial charge >= 0.3 is 0 Å². The van der Waals surface area contributed by atoms with E-state index in [1.807, 2.05) is 34.1 Å². The van der Waals surface area contributed by atoms with Crippen molar-refractivity contribution in [2.75, 3.05) is 32.8 Å². The molecule has 0 N–H and O–H groups in total. The Kier molecular flexibility index (Phi) is 6.31. The van der Waals surface area contributed by atoms with Crippen molar-refractivity contribution in [1.82, 2.24) is 9.80 Å². The Hall–Kier alpha value is -2.89. The largest absolute Gasteiger partial charge is 0.493 e. The van der Waals surface area contributed by atoms with E-state index in [-0.39, 0.29) is 23.5 Å². The fraction of sp³-hybridized carbons (Fsp3) is 0.417. The lowest BCUT2D eigenvalue weighted by atomic mass is 9.98. The van der Waals surface area contributed by atoms with Gasteiger partial charge in [0.2, 0.25) is 0 Å². The molecule has 2 aliphatic heterocycles. The van der Waals surface area contributed by atoms with E-state index in [0.29, 0.717) is 30.8 Å². The molecule has 0 saturated carbocycles. The van der Waals surface area contributed by atoms with Gasteiger partial charge < -0.3 is 14.5 Å². The Morgan fingerprint density at radius 1 is 0.833 bits per heavy atom. The van der Waals surface area contributed by atoms with Crippen LogP contribution in [-0.4, -0.2) is 54.4 Å². The molecule has 0 aromatic heterocycles. The summed E-state index contributed by atoms with van der Waals surface area (Å²) in [5.41, 5.74) is 1.20. The van der Waals surface area contributed by atoms with E-state index in [9.17, 15) is 14.0 Å². The molecule has 5 nitrogen and oxygen atoms in total. The molecule has 1 atom stereocenters. The predicted molar refractivity (Wildman–Crippen MR) is 112 cm³/mol. The van der Waals surface area contributed by atoms with E-state index in [1.54, 1.807) is 0 Å². The summed E-state index contributed by atoms with van der Waals surface area (Å²) >= 11 is 0. The van der Waals surface area contributed by atoms with Crippen LogP contribution >= 0.6 is 0 Å². The van der Waals surface area contributed by atoms with Gasteiger partial charge in [-0.05, 0) is 74.2 Å². The van der Waals surface area contributed by atoms with E-state index in [1.165, 1.54) is 24.3 Å². The summed E-state index contributed by atoms with van der Waals surface area (Å²) in [6, 6.07) is 13.0. The second-order valence-corrected chi connectivity index (χ2v) is 8.10. The van der Waals surface area contributed by atoms with Crippen LogP contribution in [0.1, 0.15) is 46.4 Å². The molecule has 6 heteroatoms. The molecule has 0 radical (unpaired) electrons. The standard InChI is InChI=1S/C24H27FN2O3/c25-21-9-5-19(6-10-21)24(29)27-15-3-4-18(16-27)17-30-22-11-7-20(8-12-22)23(28)26-13-1-2-14-26/h5-12,18H,1-4,13-17H2/t18-/m1/s1. The second kappa shape index (κ2) is 9.28. The zero-order valence-corrected chi connectivity index (χ0v) is 17.1. The van der Waals surface area contributed by atoms with E-state index in [2.05, 4.69) is 0 Å². The van der Waals surface area contributed by atoms with E-state index in [4.69, 9.17) is 4.74 Å². The van der Waals surface area contributed by atoms with Crippen LogP contribution in [0.2, 0.25) is 0 Å². The van der Waals surface area contributed by atoms with Crippen LogP contribution in [-0.2, 0) is 0 Å². The maximum Gasteiger partial charge on any atom is 0.253 e. The average Bonchev–Trinajstić information content (AvgIpc) is 3.33. The quantitative estimate of drug-likeness (QED) is 0.749. The monoisotopic (exact) mass is 410 g/mol. The number of carbonyl (C=O) groups excluding carboxylic acids is 2. The summed E-state index contributed by atoms with van der Waals surface area (Å²) in [5, 5.41) is 0. The summed E-state index contributed by atoms with van der Waals surface area (Å²) in [5.74, 6) is 0.652. The first-order valence-corrected chi connectivity index (χ1v) is 10.7. The van der Waals surface area contributed by atoms with Crippen molar-refractivity contribution in [3.63, 3.8) is 0 Å². The van der Waals surface area contributed by atoms with Crippen LogP contribution < -0.4 is 4.74 Å². The van der Waals surface area contributed by atoms with Gasteiger partial charge in [-0.3, -0.25) is 9.59 Å². The van der Waals surface area contributed by atoms with E-state index >= 15 is 0 Å². The van der Waals surface area contributed by atoms with E-state index < -0.39 is 0 Å². The molecule has 0 spiro atoms. The minimum Gasteiger partial charge on any atom is -0.493 e. The molecule has 2 aromatic rings. The Morgan fingerprint density at radius 2 is 1.40 bits per heavy atom. The van der Waals surface area contributed by atoms with Gasteiger partial charge in [-0.25, -0.2) is 4.39 Å². The van der Waals surface area contributed by atoms with Gasteiger partial charge in [-0.1, -0.05) is 0 Å². The van der Waals surface area contributed by atoms with Crippen molar-refractivity contribution in [3.8, 4) is 5.75 Å². The van der Waals surface area contributed by atoms with Gasteiger partial charge in [-0.15, -0.1) is 0 Å². The Bertz CT molecular complexity index is 876. The predicted octanol–water partition coefficient (Wildman–Crippen LogP) is 3.99. The molecule has 2 amide bonds. The lowest BCUT2D eigenvalue weighted by Crippen LogP contribution is -2.41. The Morgan fingerprint density at radius 3 is 2.07 bits per heavy atom. The molecule has 0 aliphatic carbocycles. The molecule has 30 heavy (non-hydrogen) atoms. The number of nitrogens with zero attached hydrogens (tertiary/aromatic N) is 2. The van der Waals surface area contributed by atoms with Crippen LogP contribution in [0.3, 0.4) is 0 Å². The smallest absolute Gasteiger partial charge is 0.253 e. The number of benzene rings is 2. The van der Waals surface area contributed by atoms with Gasteiger partial charge in [0.05, 0.1) is 6.61 Å². The minimum absolute atomic E-state index is 0.0653. The van der Waals surface area contributed by atoms with Crippen molar-refractivity contribution in [1.29, 1.82) is 0 Å². The summed E-state index contributed by atoms with van der Waals surface area (Å²) in [6.45, 7) is 3.53. The fourth-order valence-corrected chi connectivity index (χ4v) is 4.17. The lowest BCUT2D eigenvalue weighted by molar-refractivity contribution is 0.0633. The first-order valence-electron chi connectivity index (χ1n) is 10.7. The third-order valence-corrected chi connectivity index (χ3v) is 5.88. The van der Waals surface area contributed by atoms with Gasteiger partial charge in [0.1, 0.15) is 11.6 Å². The highest BCUT2D eigenvalue weighted by Crippen LogP contribution is 2.22. The van der Waals surface area contributed by atoms with Gasteiger partial charge in [-0.2, -0.15) is 0 Å². The molecule has 4 rings (SSSR count). The number of amides is 2. The van der Waals surface area contributed by atoms with Crippen molar-refractivity contribution in [2.24, 2.45) is 5.92 Å². The van der Waals surface area contributed by atoms with Crippen molar-refractivity contribution < 1.29 is 18.7 Å². The number of likely N-dealkylation sites (tertiary alicyclic amines) is 2. The van der Waals surface area contributed by atoms with Crippen LogP contribution in [0, 0.1) is 11.7 Å². The molecule has 158 valence electrons. The van der Waals surface area contributed by atoms with Gasteiger partial charge in [0, 0.05) is 43.2 Å². The molecule has 2 aliphatic rings. The fourth-order valence-electron chi connectivity index (χ4n) is 4.17. The minimum atomic E-state index is -0.343. The lowest BCUT2D eigenvalue weighted by Gasteiger charge is -2.32. The molecule has 2 heterocycles. The molecule has 0 unspecified atom stereocenters. The Labute approximate surface area is 176 Å². The molecule has 2 saturated heterocycles. The normalized spacial score (nSPS) is 19.0. The average molecular weight is 410 g/mol. The number of rotatable bonds is 5. The second-order valence-electron chi connectivity index (χ2n) is 8.10. The number of hydrogen-bond acceptors (Lipinski definition) is 3. The van der Waals surface area contributed by atoms with Crippen LogP contribution in [0.4, 0.5) is 4.39 Å². The first-order chi connectivity index (χ1) is 14.6. The molecular weight excluding hydrogens is 383 g/mol. The summed E-state index contributed by atoms with van der Waals surface area (Å²) in [6.07, 6.45) is 4.08. The topological polar surface area (TPSA) is 49.9 Å². The maximum atomic E-state index is 13.1. The first kappa shape index (κ1) is 20.4. The van der Waals surface area contributed by atoms with Crippen molar-refractivity contribution in [3.05, 3.63) is 65.5 Å². The van der Waals surface area contributed by atoms with Crippen LogP contribution in [0.25, 0.3) is 0 Å².